The van der Waals surface area contributed by atoms with E-state index in [4.69, 9.17) is 0 Å². The van der Waals surface area contributed by atoms with Crippen molar-refractivity contribution in [2.75, 3.05) is 19.6 Å². The second kappa shape index (κ2) is 6.48. The Labute approximate surface area is 154 Å². The number of rotatable bonds is 3. The van der Waals surface area contributed by atoms with Crippen LogP contribution in [0.1, 0.15) is 33.8 Å². The lowest BCUT2D eigenvalue weighted by molar-refractivity contribution is -0.126. The number of thiazole rings is 1. The van der Waals surface area contributed by atoms with Gasteiger partial charge in [0.15, 0.2) is 4.96 Å². The minimum atomic E-state index is -0.609. The van der Waals surface area contributed by atoms with E-state index in [-0.39, 0.29) is 23.1 Å². The van der Waals surface area contributed by atoms with Gasteiger partial charge in [0.2, 0.25) is 5.91 Å². The van der Waals surface area contributed by atoms with Gasteiger partial charge in [-0.2, -0.15) is 0 Å². The van der Waals surface area contributed by atoms with Gasteiger partial charge >= 0.3 is 0 Å². The van der Waals surface area contributed by atoms with Gasteiger partial charge in [0, 0.05) is 42.4 Å². The average Bonchev–Trinajstić information content (AvgIpc) is 3.39. The van der Waals surface area contributed by atoms with Crippen LogP contribution in [-0.4, -0.2) is 57.8 Å². The zero-order chi connectivity index (χ0) is 18.4. The van der Waals surface area contributed by atoms with Crippen molar-refractivity contribution in [2.45, 2.75) is 38.8 Å². The first kappa shape index (κ1) is 17.2. The minimum Gasteiger partial charge on any atom is -0.352 e. The van der Waals surface area contributed by atoms with Gasteiger partial charge < -0.3 is 15.5 Å². The molecule has 0 spiro atoms. The number of aromatic nitrogens is 2. The number of hydrogen-bond acceptors (Lipinski definition) is 6. The van der Waals surface area contributed by atoms with E-state index in [1.807, 2.05) is 13.8 Å². The number of nitrogens with one attached hydrogen (secondary N) is 2. The Balaban J connectivity index is 1.67. The van der Waals surface area contributed by atoms with Crippen LogP contribution in [-0.2, 0) is 4.79 Å². The molecule has 2 aliphatic rings. The lowest BCUT2D eigenvalue weighted by Gasteiger charge is -2.35. The van der Waals surface area contributed by atoms with Gasteiger partial charge in [0.05, 0.1) is 0 Å². The molecule has 1 saturated carbocycles. The number of nitrogens with zero attached hydrogens (tertiary/aromatic N) is 3. The first-order valence-corrected chi connectivity index (χ1v) is 9.59. The Morgan fingerprint density at radius 2 is 2.12 bits per heavy atom. The second-order valence-electron chi connectivity index (χ2n) is 6.84. The van der Waals surface area contributed by atoms with Crippen LogP contribution in [0.4, 0.5) is 0 Å². The van der Waals surface area contributed by atoms with E-state index in [2.05, 4.69) is 15.6 Å². The highest BCUT2D eigenvalue weighted by Crippen LogP contribution is 2.20. The van der Waals surface area contributed by atoms with Crippen LogP contribution in [0, 0.1) is 13.8 Å². The monoisotopic (exact) mass is 375 g/mol. The molecule has 9 heteroatoms. The van der Waals surface area contributed by atoms with E-state index in [1.165, 1.54) is 26.8 Å². The topological polar surface area (TPSA) is 95.8 Å². The zero-order valence-corrected chi connectivity index (χ0v) is 15.6. The smallest absolute Gasteiger partial charge is 0.271 e. The van der Waals surface area contributed by atoms with Crippen molar-refractivity contribution in [1.82, 2.24) is 24.9 Å². The third-order valence-corrected chi connectivity index (χ3v) is 6.05. The van der Waals surface area contributed by atoms with Crippen LogP contribution in [0.15, 0.2) is 11.0 Å². The third-order valence-electron chi connectivity index (χ3n) is 4.98. The number of carbonyl (C=O) groups excluding carboxylic acids is 2. The summed E-state index contributed by atoms with van der Waals surface area (Å²) in [7, 11) is 0. The zero-order valence-electron chi connectivity index (χ0n) is 14.7. The van der Waals surface area contributed by atoms with Crippen molar-refractivity contribution in [3.63, 3.8) is 0 Å². The summed E-state index contributed by atoms with van der Waals surface area (Å²) in [6.07, 6.45) is 3.31. The summed E-state index contributed by atoms with van der Waals surface area (Å²) in [5.74, 6) is -0.595. The summed E-state index contributed by atoms with van der Waals surface area (Å²) in [5.41, 5.74) is 0.428. The predicted molar refractivity (Wildman–Crippen MR) is 97.7 cm³/mol. The first-order valence-electron chi connectivity index (χ1n) is 8.77. The molecule has 3 heterocycles. The number of fused-ring (bicyclic) bond motifs is 1. The molecular formula is C17H21N5O3S. The van der Waals surface area contributed by atoms with E-state index in [0.29, 0.717) is 24.6 Å². The van der Waals surface area contributed by atoms with Gasteiger partial charge in [-0.1, -0.05) is 0 Å². The molecule has 0 radical (unpaired) electrons. The molecule has 1 aliphatic carbocycles. The van der Waals surface area contributed by atoms with Gasteiger partial charge in [0.1, 0.15) is 11.6 Å². The molecule has 8 nitrogen and oxygen atoms in total. The summed E-state index contributed by atoms with van der Waals surface area (Å²) in [5, 5.41) is 6.10. The molecule has 1 unspecified atom stereocenters. The van der Waals surface area contributed by atoms with Gasteiger partial charge in [-0.15, -0.1) is 11.3 Å². The van der Waals surface area contributed by atoms with Gasteiger partial charge in [-0.25, -0.2) is 4.98 Å². The third kappa shape index (κ3) is 2.90. The fraction of sp³-hybridized carbons (Fsp3) is 0.529. The summed E-state index contributed by atoms with van der Waals surface area (Å²) in [6, 6.07) is -0.385. The number of carbonyl (C=O) groups is 2. The van der Waals surface area contributed by atoms with Crippen LogP contribution >= 0.6 is 11.3 Å². The highest BCUT2D eigenvalue weighted by atomic mass is 32.1. The van der Waals surface area contributed by atoms with Crippen LogP contribution < -0.4 is 16.2 Å². The molecule has 138 valence electrons. The van der Waals surface area contributed by atoms with Crippen LogP contribution in [0.25, 0.3) is 4.96 Å². The summed E-state index contributed by atoms with van der Waals surface area (Å²) >= 11 is 1.42. The van der Waals surface area contributed by atoms with Crippen molar-refractivity contribution < 1.29 is 9.59 Å². The highest BCUT2D eigenvalue weighted by Gasteiger charge is 2.36. The quantitative estimate of drug-likeness (QED) is 0.791. The highest BCUT2D eigenvalue weighted by molar-refractivity contribution is 7.17. The maximum Gasteiger partial charge on any atom is 0.271 e. The summed E-state index contributed by atoms with van der Waals surface area (Å²) < 4.78 is 1.48. The Morgan fingerprint density at radius 1 is 1.35 bits per heavy atom. The molecule has 2 fully saturated rings. The largest absolute Gasteiger partial charge is 0.352 e. The van der Waals surface area contributed by atoms with Crippen molar-refractivity contribution in [3.8, 4) is 0 Å². The van der Waals surface area contributed by atoms with Gasteiger partial charge in [0.25, 0.3) is 11.5 Å². The summed E-state index contributed by atoms with van der Waals surface area (Å²) in [6.45, 7) is 5.12. The van der Waals surface area contributed by atoms with Crippen molar-refractivity contribution in [2.24, 2.45) is 0 Å². The molecule has 1 aliphatic heterocycles. The normalized spacial score (nSPS) is 20.4. The Kier molecular flexibility index (Phi) is 4.28. The molecule has 1 saturated heterocycles. The van der Waals surface area contributed by atoms with Crippen LogP contribution in [0.2, 0.25) is 0 Å². The lowest BCUT2D eigenvalue weighted by Crippen LogP contribution is -2.60. The van der Waals surface area contributed by atoms with E-state index >= 15 is 0 Å². The fourth-order valence-corrected chi connectivity index (χ4v) is 4.11. The van der Waals surface area contributed by atoms with E-state index in [1.54, 1.807) is 0 Å². The number of amides is 2. The molecule has 2 aromatic heterocycles. The van der Waals surface area contributed by atoms with E-state index in [0.717, 1.165) is 23.4 Å². The lowest BCUT2D eigenvalue weighted by atomic mass is 10.1. The van der Waals surface area contributed by atoms with Crippen LogP contribution in [0.3, 0.4) is 0 Å². The van der Waals surface area contributed by atoms with E-state index < -0.39 is 11.9 Å². The van der Waals surface area contributed by atoms with Gasteiger partial charge in [-0.3, -0.25) is 18.8 Å². The second-order valence-corrected chi connectivity index (χ2v) is 8.02. The molecule has 1 atom stereocenters. The number of aryl methyl sites for hydroxylation is 2. The first-order chi connectivity index (χ1) is 12.5. The van der Waals surface area contributed by atoms with Gasteiger partial charge in [-0.05, 0) is 26.7 Å². The summed E-state index contributed by atoms with van der Waals surface area (Å²) in [4.78, 5) is 45.8. The van der Waals surface area contributed by atoms with Crippen molar-refractivity contribution in [1.29, 1.82) is 0 Å². The predicted octanol–water partition coefficient (Wildman–Crippen LogP) is 0.0654. The minimum absolute atomic E-state index is 0.00882. The molecule has 2 aromatic rings. The van der Waals surface area contributed by atoms with Crippen molar-refractivity contribution >= 4 is 28.1 Å². The Morgan fingerprint density at radius 3 is 2.85 bits per heavy atom. The van der Waals surface area contributed by atoms with Crippen LogP contribution in [0.5, 0.6) is 0 Å². The molecule has 2 N–H and O–H groups in total. The molecule has 26 heavy (non-hydrogen) atoms. The molecule has 0 aromatic carbocycles. The number of piperazine rings is 1. The molecule has 4 rings (SSSR count). The standard InChI is InChI=1S/C17H21N5O3S/c1-9-10(2)26-17-19-7-12(16(25)22(9)17)15(24)21-6-5-18-8-13(21)14(23)20-11-3-4-11/h7,11,13,18H,3-6,8H2,1-2H3,(H,20,23). The average molecular weight is 375 g/mol. The SMILES string of the molecule is Cc1sc2ncc(C(=O)N3CCNCC3C(=O)NC3CC3)c(=O)n2c1C. The molecule has 0 bridgehead atoms. The maximum absolute atomic E-state index is 13.1. The Hall–Kier alpha value is -2.26. The maximum atomic E-state index is 13.1. The number of hydrogen-bond donors (Lipinski definition) is 2. The van der Waals surface area contributed by atoms with Crippen molar-refractivity contribution in [3.05, 3.63) is 32.7 Å². The molecule has 2 amide bonds. The molecular weight excluding hydrogens is 354 g/mol. The Bertz CT molecular complexity index is 946. The van der Waals surface area contributed by atoms with E-state index in [9.17, 15) is 14.4 Å². The fourth-order valence-electron chi connectivity index (χ4n) is 3.18.